The van der Waals surface area contributed by atoms with Gasteiger partial charge in [0, 0.05) is 12.7 Å². The highest BCUT2D eigenvalue weighted by Gasteiger charge is 2.29. The Morgan fingerprint density at radius 2 is 2.13 bits per heavy atom. The van der Waals surface area contributed by atoms with Crippen molar-refractivity contribution in [2.45, 2.75) is 19.5 Å². The highest BCUT2D eigenvalue weighted by molar-refractivity contribution is 9.10. The van der Waals surface area contributed by atoms with E-state index in [-0.39, 0.29) is 5.82 Å². The van der Waals surface area contributed by atoms with Crippen LogP contribution in [0.5, 0.6) is 0 Å². The molecule has 1 aromatic rings. The van der Waals surface area contributed by atoms with Crippen molar-refractivity contribution in [2.75, 3.05) is 11.9 Å². The van der Waals surface area contributed by atoms with Gasteiger partial charge in [0.05, 0.1) is 4.47 Å². The minimum absolute atomic E-state index is 0.235. The van der Waals surface area contributed by atoms with Gasteiger partial charge in [-0.15, -0.1) is 0 Å². The summed E-state index contributed by atoms with van der Waals surface area (Å²) in [4.78, 5) is 7.35. The molecule has 84 valence electrons. The Morgan fingerprint density at radius 1 is 1.47 bits per heavy atom. The van der Waals surface area contributed by atoms with Crippen molar-refractivity contribution in [3.8, 4) is 0 Å². The molecule has 0 radical (unpaired) electrons. The Balaban J connectivity index is 2.87. The number of hydrogen-bond donors (Lipinski definition) is 1. The van der Waals surface area contributed by atoms with Crippen molar-refractivity contribution in [2.24, 2.45) is 0 Å². The Labute approximate surface area is 93.2 Å². The highest BCUT2D eigenvalue weighted by Crippen LogP contribution is 2.23. The molecule has 0 atom stereocenters. The third-order valence-corrected chi connectivity index (χ3v) is 2.08. The summed E-state index contributed by atoms with van der Waals surface area (Å²) in [6.07, 6.45) is -4.08. The number of halogens is 4. The van der Waals surface area contributed by atoms with Crippen molar-refractivity contribution >= 4 is 21.7 Å². The third-order valence-electron chi connectivity index (χ3n) is 1.50. The van der Waals surface area contributed by atoms with Gasteiger partial charge in [0.2, 0.25) is 0 Å². The van der Waals surface area contributed by atoms with Gasteiger partial charge >= 0.3 is 6.18 Å². The molecule has 0 saturated carbocycles. The van der Waals surface area contributed by atoms with Crippen LogP contribution in [-0.4, -0.2) is 22.7 Å². The lowest BCUT2D eigenvalue weighted by molar-refractivity contribution is -0.128. The summed E-state index contributed by atoms with van der Waals surface area (Å²) in [5, 5.41) is 2.84. The second-order valence-electron chi connectivity index (χ2n) is 2.81. The molecular weight excluding hydrogens is 275 g/mol. The standard InChI is InChI=1S/C8H9BrF3N3/c1-2-13-7-5(9)4-14-6(15-7)3-8(10,11)12/h4H,2-3H2,1H3,(H,13,14,15). The van der Waals surface area contributed by atoms with Gasteiger partial charge in [-0.05, 0) is 22.9 Å². The van der Waals surface area contributed by atoms with Crippen LogP contribution in [0.3, 0.4) is 0 Å². The third kappa shape index (κ3) is 4.03. The molecule has 7 heteroatoms. The topological polar surface area (TPSA) is 37.8 Å². The summed E-state index contributed by atoms with van der Waals surface area (Å²) in [7, 11) is 0. The summed E-state index contributed by atoms with van der Waals surface area (Å²) in [5.41, 5.74) is 0. The minimum Gasteiger partial charge on any atom is -0.369 e. The van der Waals surface area contributed by atoms with Crippen LogP contribution in [0.25, 0.3) is 0 Å². The lowest BCUT2D eigenvalue weighted by atomic mass is 10.4. The van der Waals surface area contributed by atoms with Crippen molar-refractivity contribution in [3.05, 3.63) is 16.5 Å². The fraction of sp³-hybridized carbons (Fsp3) is 0.500. The van der Waals surface area contributed by atoms with Gasteiger partial charge in [0.1, 0.15) is 18.1 Å². The summed E-state index contributed by atoms with van der Waals surface area (Å²) in [5.74, 6) is 0.147. The van der Waals surface area contributed by atoms with Gasteiger partial charge in [-0.2, -0.15) is 13.2 Å². The first-order valence-corrected chi connectivity index (χ1v) is 5.03. The fourth-order valence-electron chi connectivity index (χ4n) is 0.960. The van der Waals surface area contributed by atoms with E-state index in [0.717, 1.165) is 0 Å². The van der Waals surface area contributed by atoms with Crippen molar-refractivity contribution < 1.29 is 13.2 Å². The van der Waals surface area contributed by atoms with Gasteiger partial charge in [-0.1, -0.05) is 0 Å². The Bertz CT molecular complexity index is 340. The zero-order valence-corrected chi connectivity index (χ0v) is 9.48. The minimum atomic E-state index is -4.28. The molecule has 1 N–H and O–H groups in total. The van der Waals surface area contributed by atoms with Gasteiger partial charge in [-0.25, -0.2) is 9.97 Å². The average Bonchev–Trinajstić information content (AvgIpc) is 2.09. The van der Waals surface area contributed by atoms with Gasteiger partial charge in [-0.3, -0.25) is 0 Å². The quantitative estimate of drug-likeness (QED) is 0.927. The molecule has 0 spiro atoms. The first-order chi connectivity index (χ1) is 6.92. The number of anilines is 1. The first kappa shape index (κ1) is 12.2. The van der Waals surface area contributed by atoms with Crippen LogP contribution >= 0.6 is 15.9 Å². The Morgan fingerprint density at radius 3 is 2.67 bits per heavy atom. The molecule has 0 amide bonds. The molecule has 0 fully saturated rings. The van der Waals surface area contributed by atoms with E-state index in [1.807, 2.05) is 6.92 Å². The Kier molecular flexibility index (Phi) is 3.90. The van der Waals surface area contributed by atoms with Crippen LogP contribution in [-0.2, 0) is 6.42 Å². The number of rotatable bonds is 3. The number of alkyl halides is 3. The number of nitrogens with zero attached hydrogens (tertiary/aromatic N) is 2. The van der Waals surface area contributed by atoms with Crippen LogP contribution in [0.15, 0.2) is 10.7 Å². The van der Waals surface area contributed by atoms with Gasteiger partial charge in [0.25, 0.3) is 0 Å². The largest absolute Gasteiger partial charge is 0.396 e. The molecule has 0 aliphatic carbocycles. The fourth-order valence-corrected chi connectivity index (χ4v) is 1.29. The molecule has 0 aliphatic rings. The van der Waals surface area contributed by atoms with E-state index in [2.05, 4.69) is 31.2 Å². The average molecular weight is 284 g/mol. The molecule has 0 aromatic carbocycles. The maximum absolute atomic E-state index is 12.0. The van der Waals surface area contributed by atoms with E-state index in [0.29, 0.717) is 16.8 Å². The summed E-state index contributed by atoms with van der Waals surface area (Å²) >= 11 is 3.14. The molecule has 0 saturated heterocycles. The highest BCUT2D eigenvalue weighted by atomic mass is 79.9. The van der Waals surface area contributed by atoms with E-state index in [9.17, 15) is 13.2 Å². The number of nitrogens with one attached hydrogen (secondary N) is 1. The molecular formula is C8H9BrF3N3. The number of hydrogen-bond acceptors (Lipinski definition) is 3. The lowest BCUT2D eigenvalue weighted by Gasteiger charge is -2.08. The molecule has 1 heterocycles. The van der Waals surface area contributed by atoms with Crippen LogP contribution in [0.2, 0.25) is 0 Å². The SMILES string of the molecule is CCNc1nc(CC(F)(F)F)ncc1Br. The molecule has 1 aromatic heterocycles. The molecule has 0 bridgehead atoms. The number of aromatic nitrogens is 2. The maximum atomic E-state index is 12.0. The Hall–Kier alpha value is -0.850. The molecule has 1 rings (SSSR count). The van der Waals surface area contributed by atoms with Crippen molar-refractivity contribution in [1.82, 2.24) is 9.97 Å². The zero-order chi connectivity index (χ0) is 11.5. The van der Waals surface area contributed by atoms with Crippen molar-refractivity contribution in [3.63, 3.8) is 0 Å². The van der Waals surface area contributed by atoms with E-state index in [1.54, 1.807) is 0 Å². The smallest absolute Gasteiger partial charge is 0.369 e. The van der Waals surface area contributed by atoms with E-state index in [1.165, 1.54) is 6.20 Å². The van der Waals surface area contributed by atoms with Crippen LogP contribution in [0, 0.1) is 0 Å². The monoisotopic (exact) mass is 283 g/mol. The molecule has 3 nitrogen and oxygen atoms in total. The van der Waals surface area contributed by atoms with Gasteiger partial charge in [0.15, 0.2) is 0 Å². The predicted molar refractivity (Wildman–Crippen MR) is 53.7 cm³/mol. The van der Waals surface area contributed by atoms with Crippen LogP contribution < -0.4 is 5.32 Å². The normalized spacial score (nSPS) is 11.5. The summed E-state index contributed by atoms with van der Waals surface area (Å²) in [6.45, 7) is 2.42. The molecule has 15 heavy (non-hydrogen) atoms. The van der Waals surface area contributed by atoms with Crippen LogP contribution in [0.4, 0.5) is 19.0 Å². The second-order valence-corrected chi connectivity index (χ2v) is 3.66. The van der Waals surface area contributed by atoms with E-state index < -0.39 is 12.6 Å². The van der Waals surface area contributed by atoms with Gasteiger partial charge < -0.3 is 5.32 Å². The summed E-state index contributed by atoms with van der Waals surface area (Å²) < 4.78 is 36.7. The summed E-state index contributed by atoms with van der Waals surface area (Å²) in [6, 6.07) is 0. The first-order valence-electron chi connectivity index (χ1n) is 4.24. The molecule has 0 unspecified atom stereocenters. The maximum Gasteiger partial charge on any atom is 0.396 e. The predicted octanol–water partition coefficient (Wildman–Crippen LogP) is 2.78. The van der Waals surface area contributed by atoms with E-state index >= 15 is 0 Å². The molecule has 0 aliphatic heterocycles. The van der Waals surface area contributed by atoms with E-state index in [4.69, 9.17) is 0 Å². The van der Waals surface area contributed by atoms with Crippen LogP contribution in [0.1, 0.15) is 12.7 Å². The lowest BCUT2D eigenvalue weighted by Crippen LogP contribution is -2.15. The van der Waals surface area contributed by atoms with Crippen molar-refractivity contribution in [1.29, 1.82) is 0 Å². The zero-order valence-electron chi connectivity index (χ0n) is 7.90. The second kappa shape index (κ2) is 4.78.